The molecule has 0 spiro atoms. The smallest absolute Gasteiger partial charge is 0.339 e. The summed E-state index contributed by atoms with van der Waals surface area (Å²) in [6, 6.07) is 16.4. The molecule has 0 radical (unpaired) electrons. The molecule has 1 N–H and O–H groups in total. The molecule has 0 aliphatic carbocycles. The average Bonchev–Trinajstić information content (AvgIpc) is 2.76. The highest BCUT2D eigenvalue weighted by Crippen LogP contribution is 2.29. The molecule has 0 bridgehead atoms. The van der Waals surface area contributed by atoms with Gasteiger partial charge in [0, 0.05) is 27.4 Å². The van der Waals surface area contributed by atoms with Crippen molar-refractivity contribution in [2.45, 2.75) is 6.10 Å². The molecule has 0 aliphatic heterocycles. The van der Waals surface area contributed by atoms with E-state index in [2.05, 4.69) is 5.32 Å². The van der Waals surface area contributed by atoms with Gasteiger partial charge in [-0.05, 0) is 30.3 Å². The maximum atomic E-state index is 13.0. The van der Waals surface area contributed by atoms with E-state index in [4.69, 9.17) is 32.7 Å². The number of amides is 1. The van der Waals surface area contributed by atoms with E-state index in [-0.39, 0.29) is 11.3 Å². The number of carbonyl (C=O) groups is 2. The average molecular weight is 475 g/mol. The number of nitro groups is 1. The number of ether oxygens (including phenoxy) is 2. The number of hydrogen-bond acceptors (Lipinski definition) is 6. The van der Waals surface area contributed by atoms with E-state index in [1.165, 1.54) is 37.4 Å². The first kappa shape index (κ1) is 23.1. The van der Waals surface area contributed by atoms with E-state index in [0.717, 1.165) is 6.07 Å². The Morgan fingerprint density at radius 3 is 2.25 bits per heavy atom. The van der Waals surface area contributed by atoms with Gasteiger partial charge in [0.25, 0.3) is 5.91 Å². The van der Waals surface area contributed by atoms with Crippen LogP contribution in [0.15, 0.2) is 66.7 Å². The van der Waals surface area contributed by atoms with Gasteiger partial charge < -0.3 is 14.8 Å². The van der Waals surface area contributed by atoms with E-state index in [1.807, 2.05) is 0 Å². The van der Waals surface area contributed by atoms with E-state index in [0.29, 0.717) is 21.3 Å². The molecular weight excluding hydrogens is 459 g/mol. The molecule has 1 amide bonds. The van der Waals surface area contributed by atoms with Crippen LogP contribution in [-0.2, 0) is 9.53 Å². The SMILES string of the molecule is COc1ccc(C(=O)O[C@@H](C(=O)Nc2cc(Cl)cc(Cl)c2)c2ccccc2)cc1[N+](=O)[O-]. The van der Waals surface area contributed by atoms with Crippen LogP contribution < -0.4 is 10.1 Å². The molecule has 0 fully saturated rings. The molecule has 0 unspecified atom stereocenters. The van der Waals surface area contributed by atoms with Crippen molar-refractivity contribution in [1.29, 1.82) is 0 Å². The number of nitro benzene ring substituents is 1. The van der Waals surface area contributed by atoms with Crippen LogP contribution in [0.1, 0.15) is 22.0 Å². The van der Waals surface area contributed by atoms with Crippen LogP contribution in [0.5, 0.6) is 5.75 Å². The van der Waals surface area contributed by atoms with Crippen LogP contribution >= 0.6 is 23.2 Å². The van der Waals surface area contributed by atoms with Gasteiger partial charge in [0.15, 0.2) is 5.75 Å². The normalized spacial score (nSPS) is 11.3. The molecule has 8 nitrogen and oxygen atoms in total. The Kier molecular flexibility index (Phi) is 7.29. The second-order valence-electron chi connectivity index (χ2n) is 6.49. The van der Waals surface area contributed by atoms with Crippen LogP contribution in [0, 0.1) is 10.1 Å². The fourth-order valence-electron chi connectivity index (χ4n) is 2.87. The Morgan fingerprint density at radius 2 is 1.66 bits per heavy atom. The van der Waals surface area contributed by atoms with E-state index < -0.39 is 28.6 Å². The number of anilines is 1. The summed E-state index contributed by atoms with van der Waals surface area (Å²) in [4.78, 5) is 36.3. The molecule has 0 saturated heterocycles. The fourth-order valence-corrected chi connectivity index (χ4v) is 3.40. The van der Waals surface area contributed by atoms with Crippen LogP contribution in [0.3, 0.4) is 0 Å². The summed E-state index contributed by atoms with van der Waals surface area (Å²) < 4.78 is 10.4. The van der Waals surface area contributed by atoms with E-state index in [9.17, 15) is 19.7 Å². The minimum atomic E-state index is -1.34. The maximum absolute atomic E-state index is 13.0. The monoisotopic (exact) mass is 474 g/mol. The summed E-state index contributed by atoms with van der Waals surface area (Å²) in [6.45, 7) is 0. The number of halogens is 2. The Hall–Kier alpha value is -3.62. The highest BCUT2D eigenvalue weighted by molar-refractivity contribution is 6.35. The number of nitrogens with one attached hydrogen (secondary N) is 1. The van der Waals surface area contributed by atoms with Crippen LogP contribution in [0.4, 0.5) is 11.4 Å². The molecule has 0 heterocycles. The lowest BCUT2D eigenvalue weighted by Gasteiger charge is -2.18. The maximum Gasteiger partial charge on any atom is 0.339 e. The van der Waals surface area contributed by atoms with Gasteiger partial charge in [-0.25, -0.2) is 4.79 Å². The van der Waals surface area contributed by atoms with Crippen LogP contribution in [-0.4, -0.2) is 23.9 Å². The minimum absolute atomic E-state index is 0.0123. The highest BCUT2D eigenvalue weighted by atomic mass is 35.5. The number of hydrogen-bond donors (Lipinski definition) is 1. The van der Waals surface area contributed by atoms with Gasteiger partial charge >= 0.3 is 11.7 Å². The Morgan fingerprint density at radius 1 is 1.00 bits per heavy atom. The van der Waals surface area contributed by atoms with Crippen molar-refractivity contribution in [3.63, 3.8) is 0 Å². The minimum Gasteiger partial charge on any atom is -0.490 e. The van der Waals surface area contributed by atoms with Crippen molar-refractivity contribution in [2.24, 2.45) is 0 Å². The summed E-state index contributed by atoms with van der Waals surface area (Å²) in [5, 5.41) is 14.5. The first-order chi connectivity index (χ1) is 15.3. The zero-order valence-electron chi connectivity index (χ0n) is 16.6. The fraction of sp³-hybridized carbons (Fsp3) is 0.0909. The van der Waals surface area contributed by atoms with Crippen molar-refractivity contribution in [2.75, 3.05) is 12.4 Å². The third-order valence-corrected chi connectivity index (χ3v) is 4.74. The predicted octanol–water partition coefficient (Wildman–Crippen LogP) is 5.45. The molecule has 0 aliphatic rings. The molecule has 10 heteroatoms. The largest absolute Gasteiger partial charge is 0.490 e. The number of rotatable bonds is 7. The van der Waals surface area contributed by atoms with Crippen molar-refractivity contribution in [3.05, 3.63) is 98.0 Å². The number of esters is 1. The van der Waals surface area contributed by atoms with Crippen molar-refractivity contribution in [3.8, 4) is 5.75 Å². The molecule has 3 aromatic carbocycles. The Balaban J connectivity index is 1.90. The second kappa shape index (κ2) is 10.1. The zero-order chi connectivity index (χ0) is 23.3. The first-order valence-electron chi connectivity index (χ1n) is 9.14. The molecule has 0 aromatic heterocycles. The molecular formula is C22H16Cl2N2O6. The summed E-state index contributed by atoms with van der Waals surface area (Å²) in [5.41, 5.74) is 0.187. The lowest BCUT2D eigenvalue weighted by molar-refractivity contribution is -0.385. The third kappa shape index (κ3) is 5.54. The van der Waals surface area contributed by atoms with Crippen molar-refractivity contribution < 1.29 is 24.0 Å². The molecule has 0 saturated carbocycles. The molecule has 3 rings (SSSR count). The van der Waals surface area contributed by atoms with Gasteiger partial charge in [-0.1, -0.05) is 53.5 Å². The predicted molar refractivity (Wildman–Crippen MR) is 119 cm³/mol. The number of carbonyl (C=O) groups excluding carboxylic acids is 2. The van der Waals surface area contributed by atoms with Crippen molar-refractivity contribution in [1.82, 2.24) is 0 Å². The third-order valence-electron chi connectivity index (χ3n) is 4.31. The summed E-state index contributed by atoms with van der Waals surface area (Å²) in [7, 11) is 1.28. The van der Waals surface area contributed by atoms with Gasteiger partial charge in [0.2, 0.25) is 6.10 Å². The Labute approximate surface area is 192 Å². The topological polar surface area (TPSA) is 108 Å². The summed E-state index contributed by atoms with van der Waals surface area (Å²) in [5.74, 6) is -1.60. The quantitative estimate of drug-likeness (QED) is 0.277. The summed E-state index contributed by atoms with van der Waals surface area (Å²) >= 11 is 11.9. The molecule has 164 valence electrons. The van der Waals surface area contributed by atoms with Crippen LogP contribution in [0.2, 0.25) is 10.0 Å². The summed E-state index contributed by atoms with van der Waals surface area (Å²) in [6.07, 6.45) is -1.34. The van der Waals surface area contributed by atoms with Gasteiger partial charge in [-0.2, -0.15) is 0 Å². The highest BCUT2D eigenvalue weighted by Gasteiger charge is 2.27. The molecule has 1 atom stereocenters. The van der Waals surface area contributed by atoms with E-state index >= 15 is 0 Å². The second-order valence-corrected chi connectivity index (χ2v) is 7.36. The Bertz CT molecular complexity index is 1150. The van der Waals surface area contributed by atoms with Crippen LogP contribution in [0.25, 0.3) is 0 Å². The zero-order valence-corrected chi connectivity index (χ0v) is 18.1. The van der Waals surface area contributed by atoms with Gasteiger partial charge in [-0.3, -0.25) is 14.9 Å². The lowest BCUT2D eigenvalue weighted by Crippen LogP contribution is -2.26. The molecule has 32 heavy (non-hydrogen) atoms. The molecule has 3 aromatic rings. The van der Waals surface area contributed by atoms with Crippen molar-refractivity contribution >= 4 is 46.5 Å². The van der Waals surface area contributed by atoms with Gasteiger partial charge in [-0.15, -0.1) is 0 Å². The number of nitrogens with zero attached hydrogens (tertiary/aromatic N) is 1. The lowest BCUT2D eigenvalue weighted by atomic mass is 10.1. The van der Waals surface area contributed by atoms with Gasteiger partial charge in [0.1, 0.15) is 0 Å². The van der Waals surface area contributed by atoms with E-state index in [1.54, 1.807) is 30.3 Å². The number of benzene rings is 3. The number of methoxy groups -OCH3 is 1. The standard InChI is InChI=1S/C22H16Cl2N2O6/c1-31-19-8-7-14(9-18(19)26(29)30)22(28)32-20(13-5-3-2-4-6-13)21(27)25-17-11-15(23)10-16(24)12-17/h2-12,20H,1H3,(H,25,27)/t20-/m1/s1. The first-order valence-corrected chi connectivity index (χ1v) is 9.89. The van der Waals surface area contributed by atoms with Gasteiger partial charge in [0.05, 0.1) is 17.6 Å².